The van der Waals surface area contributed by atoms with E-state index in [1.165, 1.54) is 5.56 Å². The maximum atomic E-state index is 12.5. The Hall–Kier alpha value is -2.47. The van der Waals surface area contributed by atoms with E-state index in [4.69, 9.17) is 9.47 Å². The molecule has 1 aromatic heterocycles. The second-order valence-corrected chi connectivity index (χ2v) is 7.66. The van der Waals surface area contributed by atoms with Crippen LogP contribution >= 0.6 is 0 Å². The van der Waals surface area contributed by atoms with Gasteiger partial charge in [-0.1, -0.05) is 29.8 Å². The Bertz CT molecular complexity index is 816. The highest BCUT2D eigenvalue weighted by Crippen LogP contribution is 2.35. The zero-order chi connectivity index (χ0) is 18.9. The number of hydrogen-bond donors (Lipinski definition) is 0. The lowest BCUT2D eigenvalue weighted by molar-refractivity contribution is -0.193. The molecule has 1 amide bonds. The van der Waals surface area contributed by atoms with Crippen LogP contribution in [-0.4, -0.2) is 52.2 Å². The summed E-state index contributed by atoms with van der Waals surface area (Å²) in [5.41, 5.74) is 2.86. The van der Waals surface area contributed by atoms with Crippen LogP contribution in [0.15, 0.2) is 36.5 Å². The molecule has 2 aromatic rings. The first-order valence-corrected chi connectivity index (χ1v) is 9.45. The maximum Gasteiger partial charge on any atom is 0.316 e. The van der Waals surface area contributed by atoms with Crippen LogP contribution in [0.3, 0.4) is 0 Å². The van der Waals surface area contributed by atoms with Crippen molar-refractivity contribution in [3.05, 3.63) is 53.3 Å². The number of benzene rings is 1. The summed E-state index contributed by atoms with van der Waals surface area (Å²) >= 11 is 0. The standard InChI is InChI=1S/C21H25N3O3/c1-15-3-5-17(6-4-15)11-19(25)24-13-21(14-24)12-18(8-10-26-21)27-20-22-9-7-16(2)23-20/h3-7,9,18H,8,10-14H2,1-2H3. The predicted molar refractivity (Wildman–Crippen MR) is 101 cm³/mol. The molecule has 0 saturated carbocycles. The molecule has 1 unspecified atom stereocenters. The monoisotopic (exact) mass is 367 g/mol. The van der Waals surface area contributed by atoms with Crippen LogP contribution in [-0.2, 0) is 16.0 Å². The first-order chi connectivity index (χ1) is 13.0. The molecule has 0 radical (unpaired) electrons. The molecule has 1 atom stereocenters. The number of ether oxygens (including phenoxy) is 2. The van der Waals surface area contributed by atoms with Crippen molar-refractivity contribution in [1.82, 2.24) is 14.9 Å². The van der Waals surface area contributed by atoms with Gasteiger partial charge in [0.2, 0.25) is 5.91 Å². The van der Waals surface area contributed by atoms with E-state index in [1.54, 1.807) is 6.20 Å². The Morgan fingerprint density at radius 2 is 2.04 bits per heavy atom. The molecule has 4 rings (SSSR count). The number of carbonyl (C=O) groups excluding carboxylic acids is 1. The summed E-state index contributed by atoms with van der Waals surface area (Å²) in [6.07, 6.45) is 3.75. The molecule has 1 aromatic carbocycles. The number of hydrogen-bond acceptors (Lipinski definition) is 5. The van der Waals surface area contributed by atoms with E-state index >= 15 is 0 Å². The number of nitrogens with zero attached hydrogens (tertiary/aromatic N) is 3. The van der Waals surface area contributed by atoms with Crippen LogP contribution < -0.4 is 4.74 Å². The number of carbonyl (C=O) groups is 1. The minimum Gasteiger partial charge on any atom is -0.460 e. The Morgan fingerprint density at radius 1 is 1.26 bits per heavy atom. The number of aryl methyl sites for hydroxylation is 2. The van der Waals surface area contributed by atoms with Crippen molar-refractivity contribution in [3.8, 4) is 6.01 Å². The summed E-state index contributed by atoms with van der Waals surface area (Å²) in [4.78, 5) is 22.9. The molecule has 1 spiro atoms. The molecular formula is C21H25N3O3. The Balaban J connectivity index is 1.31. The van der Waals surface area contributed by atoms with E-state index in [0.29, 0.717) is 32.1 Å². The van der Waals surface area contributed by atoms with Crippen LogP contribution in [0.4, 0.5) is 0 Å². The summed E-state index contributed by atoms with van der Waals surface area (Å²) in [6, 6.07) is 10.4. The summed E-state index contributed by atoms with van der Waals surface area (Å²) in [5.74, 6) is 0.151. The minimum absolute atomic E-state index is 0.0231. The fourth-order valence-corrected chi connectivity index (χ4v) is 3.75. The third-order valence-corrected chi connectivity index (χ3v) is 5.28. The van der Waals surface area contributed by atoms with Crippen molar-refractivity contribution in [1.29, 1.82) is 0 Å². The highest BCUT2D eigenvalue weighted by Gasteiger charge is 2.49. The molecule has 6 nitrogen and oxygen atoms in total. The molecule has 2 saturated heterocycles. The van der Waals surface area contributed by atoms with Crippen molar-refractivity contribution in [2.45, 2.75) is 44.8 Å². The van der Waals surface area contributed by atoms with Crippen molar-refractivity contribution in [3.63, 3.8) is 0 Å². The van der Waals surface area contributed by atoms with Gasteiger partial charge in [-0.3, -0.25) is 4.79 Å². The zero-order valence-corrected chi connectivity index (χ0v) is 15.9. The molecule has 2 aliphatic rings. The summed E-state index contributed by atoms with van der Waals surface area (Å²) < 4.78 is 12.0. The molecule has 6 heteroatoms. The lowest BCUT2D eigenvalue weighted by atomic mass is 9.84. The molecule has 2 aliphatic heterocycles. The van der Waals surface area contributed by atoms with Gasteiger partial charge in [0.1, 0.15) is 11.7 Å². The molecule has 0 N–H and O–H groups in total. The highest BCUT2D eigenvalue weighted by molar-refractivity contribution is 5.80. The Kier molecular flexibility index (Phi) is 4.83. The van der Waals surface area contributed by atoms with E-state index in [-0.39, 0.29) is 17.6 Å². The second kappa shape index (κ2) is 7.27. The Morgan fingerprint density at radius 3 is 2.78 bits per heavy atom. The van der Waals surface area contributed by atoms with Crippen LogP contribution in [0.25, 0.3) is 0 Å². The lowest BCUT2D eigenvalue weighted by Gasteiger charge is -2.52. The van der Waals surface area contributed by atoms with Crippen molar-refractivity contribution in [2.24, 2.45) is 0 Å². The van der Waals surface area contributed by atoms with Gasteiger partial charge >= 0.3 is 6.01 Å². The van der Waals surface area contributed by atoms with Gasteiger partial charge in [-0.05, 0) is 25.5 Å². The summed E-state index contributed by atoms with van der Waals surface area (Å²) in [7, 11) is 0. The highest BCUT2D eigenvalue weighted by atomic mass is 16.5. The van der Waals surface area contributed by atoms with Crippen LogP contribution in [0.5, 0.6) is 6.01 Å². The number of aromatic nitrogens is 2. The van der Waals surface area contributed by atoms with Crippen molar-refractivity contribution in [2.75, 3.05) is 19.7 Å². The molecule has 0 aliphatic carbocycles. The third-order valence-electron chi connectivity index (χ3n) is 5.28. The van der Waals surface area contributed by atoms with Gasteiger partial charge in [-0.15, -0.1) is 0 Å². The maximum absolute atomic E-state index is 12.5. The molecular weight excluding hydrogens is 342 g/mol. The SMILES string of the molecule is Cc1ccc(CC(=O)N2CC3(CC(Oc4nccc(C)n4)CCO3)C2)cc1. The number of amides is 1. The third kappa shape index (κ3) is 4.11. The second-order valence-electron chi connectivity index (χ2n) is 7.66. The van der Waals surface area contributed by atoms with Gasteiger partial charge in [-0.25, -0.2) is 9.97 Å². The molecule has 2 fully saturated rings. The van der Waals surface area contributed by atoms with Gasteiger partial charge in [0.25, 0.3) is 0 Å². The van der Waals surface area contributed by atoms with Gasteiger partial charge < -0.3 is 14.4 Å². The largest absolute Gasteiger partial charge is 0.460 e. The van der Waals surface area contributed by atoms with Crippen molar-refractivity contribution >= 4 is 5.91 Å². The molecule has 0 bridgehead atoms. The molecule has 27 heavy (non-hydrogen) atoms. The first-order valence-electron chi connectivity index (χ1n) is 9.45. The average Bonchev–Trinajstić information content (AvgIpc) is 2.62. The summed E-state index contributed by atoms with van der Waals surface area (Å²) in [5, 5.41) is 0. The van der Waals surface area contributed by atoms with Crippen LogP contribution in [0, 0.1) is 13.8 Å². The fourth-order valence-electron chi connectivity index (χ4n) is 3.75. The van der Waals surface area contributed by atoms with Gasteiger partial charge in [0.05, 0.1) is 26.1 Å². The fraction of sp³-hybridized carbons (Fsp3) is 0.476. The topological polar surface area (TPSA) is 64.6 Å². The van der Waals surface area contributed by atoms with Crippen LogP contribution in [0.2, 0.25) is 0 Å². The zero-order valence-electron chi connectivity index (χ0n) is 15.9. The average molecular weight is 367 g/mol. The van der Waals surface area contributed by atoms with E-state index < -0.39 is 0 Å². The normalized spacial score (nSPS) is 21.0. The van der Waals surface area contributed by atoms with Gasteiger partial charge in [0, 0.05) is 24.7 Å². The van der Waals surface area contributed by atoms with Gasteiger partial charge in [0.15, 0.2) is 0 Å². The van der Waals surface area contributed by atoms with E-state index in [1.807, 2.05) is 49.1 Å². The van der Waals surface area contributed by atoms with E-state index in [2.05, 4.69) is 9.97 Å². The number of rotatable bonds is 4. The van der Waals surface area contributed by atoms with Crippen molar-refractivity contribution < 1.29 is 14.3 Å². The van der Waals surface area contributed by atoms with Crippen LogP contribution in [0.1, 0.15) is 29.7 Å². The number of likely N-dealkylation sites (tertiary alicyclic amines) is 1. The van der Waals surface area contributed by atoms with E-state index in [9.17, 15) is 4.79 Å². The first kappa shape index (κ1) is 17.9. The quantitative estimate of drug-likeness (QED) is 0.831. The smallest absolute Gasteiger partial charge is 0.316 e. The predicted octanol–water partition coefficient (Wildman–Crippen LogP) is 2.47. The van der Waals surface area contributed by atoms with Gasteiger partial charge in [-0.2, -0.15) is 0 Å². The minimum atomic E-state index is -0.282. The van der Waals surface area contributed by atoms with E-state index in [0.717, 1.165) is 24.1 Å². The summed E-state index contributed by atoms with van der Waals surface area (Å²) in [6.45, 7) is 5.86. The molecule has 3 heterocycles. The Labute approximate surface area is 159 Å². The lowest BCUT2D eigenvalue weighted by Crippen LogP contribution is -2.67. The molecule has 142 valence electrons.